The highest BCUT2D eigenvalue weighted by Gasteiger charge is 2.33. The molecule has 1 aliphatic rings. The Bertz CT molecular complexity index is 696. The molecule has 0 aromatic heterocycles. The van der Waals surface area contributed by atoms with E-state index in [4.69, 9.17) is 4.74 Å². The Morgan fingerprint density at radius 3 is 2.52 bits per heavy atom. The number of amides is 1. The van der Waals surface area contributed by atoms with Gasteiger partial charge < -0.3 is 19.5 Å². The van der Waals surface area contributed by atoms with Crippen molar-refractivity contribution in [3.8, 4) is 0 Å². The van der Waals surface area contributed by atoms with Crippen LogP contribution in [0, 0.1) is 0 Å². The first-order valence-corrected chi connectivity index (χ1v) is 11.4. The zero-order valence-corrected chi connectivity index (χ0v) is 18.7. The minimum Gasteiger partial charge on any atom is -0.480 e. The van der Waals surface area contributed by atoms with Crippen LogP contribution in [0.5, 0.6) is 0 Å². The molecule has 7 heteroatoms. The monoisotopic (exact) mass is 432 g/mol. The number of nitrogens with one attached hydrogen (secondary N) is 1. The lowest BCUT2D eigenvalue weighted by atomic mass is 9.96. The van der Waals surface area contributed by atoms with Crippen LogP contribution in [0.25, 0.3) is 0 Å². The Morgan fingerprint density at radius 2 is 1.87 bits per heavy atom. The molecule has 2 rings (SSSR count). The van der Waals surface area contributed by atoms with E-state index < -0.39 is 24.3 Å². The molecule has 1 aromatic carbocycles. The highest BCUT2D eigenvalue weighted by Crippen LogP contribution is 2.21. The van der Waals surface area contributed by atoms with E-state index in [1.54, 1.807) is 6.92 Å². The molecule has 1 fully saturated rings. The summed E-state index contributed by atoms with van der Waals surface area (Å²) in [5, 5.41) is 12.9. The van der Waals surface area contributed by atoms with Gasteiger partial charge in [0.2, 0.25) is 5.91 Å². The Labute approximate surface area is 185 Å². The number of nitrogens with zero attached hydrogens (tertiary/aromatic N) is 1. The predicted molar refractivity (Wildman–Crippen MR) is 119 cm³/mol. The number of hydrogen-bond donors (Lipinski definition) is 2. The minimum absolute atomic E-state index is 0.235. The maximum Gasteiger partial charge on any atom is 0.326 e. The summed E-state index contributed by atoms with van der Waals surface area (Å²) in [5.41, 5.74) is 0.897. The molecule has 1 aromatic rings. The third-order valence-corrected chi connectivity index (χ3v) is 5.86. The third-order valence-electron chi connectivity index (χ3n) is 5.86. The third kappa shape index (κ3) is 7.74. The Morgan fingerprint density at radius 1 is 1.19 bits per heavy atom. The molecule has 2 N–H and O–H groups in total. The zero-order valence-electron chi connectivity index (χ0n) is 18.7. The van der Waals surface area contributed by atoms with Gasteiger partial charge in [-0.25, -0.2) is 4.79 Å². The smallest absolute Gasteiger partial charge is 0.326 e. The summed E-state index contributed by atoms with van der Waals surface area (Å²) in [6.45, 7) is 4.47. The molecule has 1 heterocycles. The van der Waals surface area contributed by atoms with Crippen LogP contribution in [0.2, 0.25) is 0 Å². The van der Waals surface area contributed by atoms with Gasteiger partial charge in [0.25, 0.3) is 0 Å². The van der Waals surface area contributed by atoms with E-state index in [9.17, 15) is 19.5 Å². The lowest BCUT2D eigenvalue weighted by Gasteiger charge is -2.33. The van der Waals surface area contributed by atoms with Gasteiger partial charge in [-0.3, -0.25) is 10.1 Å². The molecule has 0 aliphatic carbocycles. The Balaban J connectivity index is 2.09. The fraction of sp³-hybridized carbons (Fsp3) is 0.625. The average Bonchev–Trinajstić information content (AvgIpc) is 2.89. The first kappa shape index (κ1) is 25.0. The largest absolute Gasteiger partial charge is 0.480 e. The van der Waals surface area contributed by atoms with E-state index in [2.05, 4.69) is 5.32 Å². The Hall–Kier alpha value is -2.25. The average molecular weight is 433 g/mol. The number of hydrogen-bond acceptors (Lipinski definition) is 5. The normalized spacial score (nSPS) is 20.6. The quantitative estimate of drug-likeness (QED) is 0.435. The summed E-state index contributed by atoms with van der Waals surface area (Å²) in [7, 11) is 0. The molecule has 7 nitrogen and oxygen atoms in total. The van der Waals surface area contributed by atoms with Crippen molar-refractivity contribution in [2.75, 3.05) is 13.2 Å². The van der Waals surface area contributed by atoms with Crippen LogP contribution in [0.1, 0.15) is 70.3 Å². The van der Waals surface area contributed by atoms with Gasteiger partial charge in [0.1, 0.15) is 18.6 Å². The van der Waals surface area contributed by atoms with Crippen LogP contribution in [0.3, 0.4) is 0 Å². The molecule has 1 amide bonds. The molecule has 1 saturated heterocycles. The summed E-state index contributed by atoms with van der Waals surface area (Å²) >= 11 is 0. The van der Waals surface area contributed by atoms with E-state index in [0.717, 1.165) is 44.0 Å². The second-order valence-corrected chi connectivity index (χ2v) is 8.16. The van der Waals surface area contributed by atoms with Gasteiger partial charge in [0, 0.05) is 25.5 Å². The molecule has 31 heavy (non-hydrogen) atoms. The molecule has 4 atom stereocenters. The molecule has 0 radical (unpaired) electrons. The first-order valence-electron chi connectivity index (χ1n) is 11.4. The molecule has 0 spiro atoms. The van der Waals surface area contributed by atoms with Crippen molar-refractivity contribution in [2.24, 2.45) is 0 Å². The molecule has 0 saturated carbocycles. The summed E-state index contributed by atoms with van der Waals surface area (Å²) in [6.07, 6.45) is 5.95. The molecule has 3 unspecified atom stereocenters. The fourth-order valence-corrected chi connectivity index (χ4v) is 4.17. The van der Waals surface area contributed by atoms with Gasteiger partial charge in [-0.15, -0.1) is 0 Å². The SMILES string of the molecule is CCOC(CC(C=O)c1ccccc1)N[C@@H](C)C(=O)N1CCCCCCCC1C(=O)O. The van der Waals surface area contributed by atoms with Crippen LogP contribution in [0.15, 0.2) is 30.3 Å². The molecule has 0 bridgehead atoms. The second-order valence-electron chi connectivity index (χ2n) is 8.16. The minimum atomic E-state index is -0.950. The number of carboxylic acids is 1. The van der Waals surface area contributed by atoms with Gasteiger partial charge in [-0.1, -0.05) is 56.0 Å². The van der Waals surface area contributed by atoms with E-state index in [0.29, 0.717) is 26.0 Å². The highest BCUT2D eigenvalue weighted by molar-refractivity contribution is 5.86. The van der Waals surface area contributed by atoms with E-state index >= 15 is 0 Å². The number of carboxylic acid groups (broad SMARTS) is 1. The number of rotatable bonds is 10. The summed E-state index contributed by atoms with van der Waals surface area (Å²) < 4.78 is 5.79. The van der Waals surface area contributed by atoms with Crippen molar-refractivity contribution in [3.05, 3.63) is 35.9 Å². The van der Waals surface area contributed by atoms with Gasteiger partial charge >= 0.3 is 5.97 Å². The molecule has 1 aliphatic heterocycles. The van der Waals surface area contributed by atoms with Crippen LogP contribution < -0.4 is 5.32 Å². The fourth-order valence-electron chi connectivity index (χ4n) is 4.17. The first-order chi connectivity index (χ1) is 15.0. The van der Waals surface area contributed by atoms with Gasteiger partial charge in [-0.05, 0) is 32.3 Å². The topological polar surface area (TPSA) is 95.9 Å². The highest BCUT2D eigenvalue weighted by atomic mass is 16.5. The Kier molecular flexibility index (Phi) is 10.7. The van der Waals surface area contributed by atoms with Crippen LogP contribution in [0.4, 0.5) is 0 Å². The molecular formula is C24H36N2O5. The summed E-state index contributed by atoms with van der Waals surface area (Å²) in [5.74, 6) is -1.54. The van der Waals surface area contributed by atoms with Crippen LogP contribution in [-0.4, -0.2) is 59.6 Å². The van der Waals surface area contributed by atoms with Crippen LogP contribution >= 0.6 is 0 Å². The van der Waals surface area contributed by atoms with Crippen molar-refractivity contribution in [1.82, 2.24) is 10.2 Å². The predicted octanol–water partition coefficient (Wildman–Crippen LogP) is 3.34. The maximum absolute atomic E-state index is 13.2. The van der Waals surface area contributed by atoms with Crippen molar-refractivity contribution in [3.63, 3.8) is 0 Å². The number of ether oxygens (including phenoxy) is 1. The maximum atomic E-state index is 13.2. The lowest BCUT2D eigenvalue weighted by molar-refractivity contribution is -0.152. The number of carbonyl (C=O) groups is 3. The van der Waals surface area contributed by atoms with E-state index in [-0.39, 0.29) is 11.8 Å². The summed E-state index contributed by atoms with van der Waals surface area (Å²) in [4.78, 5) is 38.3. The van der Waals surface area contributed by atoms with Crippen molar-refractivity contribution in [2.45, 2.75) is 83.0 Å². The van der Waals surface area contributed by atoms with Gasteiger partial charge in [0.05, 0.1) is 6.04 Å². The van der Waals surface area contributed by atoms with E-state index in [1.165, 1.54) is 4.90 Å². The van der Waals surface area contributed by atoms with Crippen molar-refractivity contribution < 1.29 is 24.2 Å². The zero-order chi connectivity index (χ0) is 22.6. The van der Waals surface area contributed by atoms with Crippen molar-refractivity contribution >= 4 is 18.2 Å². The lowest BCUT2D eigenvalue weighted by Crippen LogP contribution is -2.54. The molecular weight excluding hydrogens is 396 g/mol. The van der Waals surface area contributed by atoms with Crippen molar-refractivity contribution in [1.29, 1.82) is 0 Å². The number of carbonyl (C=O) groups excluding carboxylic acids is 2. The van der Waals surface area contributed by atoms with Crippen LogP contribution in [-0.2, 0) is 19.1 Å². The van der Waals surface area contributed by atoms with Gasteiger partial charge in [-0.2, -0.15) is 0 Å². The standard InChI is InChI=1S/C24H36N2O5/c1-3-31-22(16-20(17-27)19-12-8-7-9-13-19)25-18(2)23(28)26-15-11-6-4-5-10-14-21(26)24(29)30/h7-9,12-13,17-18,20-22,25H,3-6,10-11,14-16H2,1-2H3,(H,29,30)/t18-,20?,21?,22?/m0/s1. The second kappa shape index (κ2) is 13.2. The number of benzene rings is 1. The summed E-state index contributed by atoms with van der Waals surface area (Å²) in [6, 6.07) is 8.05. The van der Waals surface area contributed by atoms with E-state index in [1.807, 2.05) is 37.3 Å². The number of aliphatic carboxylic acids is 1. The molecule has 172 valence electrons. The van der Waals surface area contributed by atoms with Gasteiger partial charge in [0.15, 0.2) is 0 Å². The number of aldehydes is 1.